The van der Waals surface area contributed by atoms with Crippen LogP contribution in [0.4, 0.5) is 0 Å². The Hall–Kier alpha value is -3.27. The molecule has 0 saturated carbocycles. The van der Waals surface area contributed by atoms with Crippen LogP contribution in [0.25, 0.3) is 0 Å². The number of amidine groups is 1. The second-order valence-electron chi connectivity index (χ2n) is 10.7. The van der Waals surface area contributed by atoms with Crippen LogP contribution in [-0.4, -0.2) is 65.2 Å². The van der Waals surface area contributed by atoms with Crippen molar-refractivity contribution in [1.29, 1.82) is 0 Å². The number of fused-ring (bicyclic) bond motifs is 1. The Kier molecular flexibility index (Phi) is 8.73. The smallest absolute Gasteiger partial charge is 0.338 e. The van der Waals surface area contributed by atoms with Crippen molar-refractivity contribution in [2.75, 3.05) is 26.8 Å². The number of methoxy groups -OCH3 is 1. The summed E-state index contributed by atoms with van der Waals surface area (Å²) in [5, 5.41) is 2.60. The minimum atomic E-state index is -0.697. The van der Waals surface area contributed by atoms with Gasteiger partial charge in [-0.05, 0) is 58.9 Å². The van der Waals surface area contributed by atoms with E-state index in [1.54, 1.807) is 25.9 Å². The van der Waals surface area contributed by atoms with E-state index in [4.69, 9.17) is 19.2 Å². The summed E-state index contributed by atoms with van der Waals surface area (Å²) in [7, 11) is 1.59. The summed E-state index contributed by atoms with van der Waals surface area (Å²) < 4.78 is 16.7. The average Bonchev–Trinajstić information content (AvgIpc) is 3.28. The van der Waals surface area contributed by atoms with Crippen LogP contribution in [0.2, 0.25) is 0 Å². The highest BCUT2D eigenvalue weighted by Gasteiger charge is 2.43. The van der Waals surface area contributed by atoms with E-state index in [0.717, 1.165) is 17.7 Å². The molecule has 0 N–H and O–H groups in total. The monoisotopic (exact) mass is 555 g/mol. The van der Waals surface area contributed by atoms with Crippen molar-refractivity contribution in [2.24, 2.45) is 10.9 Å². The van der Waals surface area contributed by atoms with Crippen molar-refractivity contribution in [1.82, 2.24) is 9.80 Å². The summed E-state index contributed by atoms with van der Waals surface area (Å²) in [6.45, 7) is 10.3. The van der Waals surface area contributed by atoms with E-state index < -0.39 is 17.6 Å². The maximum absolute atomic E-state index is 13.6. The molecule has 4 rings (SSSR count). The Balaban J connectivity index is 1.65. The Morgan fingerprint density at radius 1 is 1.18 bits per heavy atom. The van der Waals surface area contributed by atoms with Crippen molar-refractivity contribution >= 4 is 34.8 Å². The number of hydrogen-bond acceptors (Lipinski definition) is 9. The largest absolute Gasteiger partial charge is 0.496 e. The second kappa shape index (κ2) is 11.9. The van der Waals surface area contributed by atoms with E-state index in [2.05, 4.69) is 0 Å². The molecule has 0 unspecified atom stereocenters. The molecule has 1 fully saturated rings. The Labute approximate surface area is 234 Å². The lowest BCUT2D eigenvalue weighted by atomic mass is 9.92. The molecule has 9 nitrogen and oxygen atoms in total. The van der Waals surface area contributed by atoms with E-state index >= 15 is 0 Å². The number of esters is 2. The number of benzene rings is 1. The first kappa shape index (κ1) is 28.7. The summed E-state index contributed by atoms with van der Waals surface area (Å²) in [6, 6.07) is 6.95. The van der Waals surface area contributed by atoms with Crippen LogP contribution in [0, 0.1) is 5.92 Å². The Morgan fingerprint density at radius 3 is 2.62 bits per heavy atom. The van der Waals surface area contributed by atoms with Gasteiger partial charge in [0.1, 0.15) is 11.4 Å². The number of carbonyl (C=O) groups excluding carboxylic acids is 3. The molecule has 3 aliphatic heterocycles. The quantitative estimate of drug-likeness (QED) is 0.443. The molecule has 1 aromatic carbocycles. The number of allylic oxidation sites excluding steroid dienone is 1. The van der Waals surface area contributed by atoms with Crippen molar-refractivity contribution in [2.45, 2.75) is 65.5 Å². The highest BCUT2D eigenvalue weighted by molar-refractivity contribution is 8.16. The third-order valence-electron chi connectivity index (χ3n) is 6.78. The number of carbonyl (C=O) groups is 3. The lowest BCUT2D eigenvalue weighted by Crippen LogP contribution is -2.44. The zero-order valence-corrected chi connectivity index (χ0v) is 24.3. The molecule has 0 aliphatic carbocycles. The fourth-order valence-electron chi connectivity index (χ4n) is 5.07. The van der Waals surface area contributed by atoms with Gasteiger partial charge in [-0.15, -0.1) is 0 Å². The van der Waals surface area contributed by atoms with Crippen molar-refractivity contribution in [3.05, 3.63) is 52.2 Å². The molecule has 0 aromatic heterocycles. The van der Waals surface area contributed by atoms with Gasteiger partial charge in [0.2, 0.25) is 5.91 Å². The van der Waals surface area contributed by atoms with Crippen LogP contribution in [0.3, 0.4) is 0 Å². The second-order valence-corrected chi connectivity index (χ2v) is 11.6. The molecule has 3 heterocycles. The third-order valence-corrected chi connectivity index (χ3v) is 7.67. The van der Waals surface area contributed by atoms with Gasteiger partial charge in [-0.2, -0.15) is 0 Å². The van der Waals surface area contributed by atoms with Crippen LogP contribution in [0.1, 0.15) is 65.5 Å². The van der Waals surface area contributed by atoms with Gasteiger partial charge in [0.05, 0.1) is 43.4 Å². The number of amides is 1. The summed E-state index contributed by atoms with van der Waals surface area (Å²) in [6.07, 6.45) is 1.56. The predicted octanol–water partition coefficient (Wildman–Crippen LogP) is 4.80. The third kappa shape index (κ3) is 6.32. The maximum atomic E-state index is 13.6. The summed E-state index contributed by atoms with van der Waals surface area (Å²) in [5.41, 5.74) is 1.77. The van der Waals surface area contributed by atoms with Crippen LogP contribution >= 0.6 is 11.8 Å². The van der Waals surface area contributed by atoms with Crippen molar-refractivity contribution in [3.63, 3.8) is 0 Å². The molecule has 0 bridgehead atoms. The molecule has 2 atom stereocenters. The van der Waals surface area contributed by atoms with Crippen LogP contribution < -0.4 is 4.74 Å². The summed E-state index contributed by atoms with van der Waals surface area (Å²) in [4.78, 5) is 47.8. The molecule has 1 saturated heterocycles. The van der Waals surface area contributed by atoms with Gasteiger partial charge < -0.3 is 24.0 Å². The minimum Gasteiger partial charge on any atom is -0.496 e. The van der Waals surface area contributed by atoms with Gasteiger partial charge in [0, 0.05) is 24.4 Å². The Morgan fingerprint density at radius 2 is 1.92 bits per heavy atom. The summed E-state index contributed by atoms with van der Waals surface area (Å²) >= 11 is 1.42. The number of hydrogen-bond donors (Lipinski definition) is 0. The van der Waals surface area contributed by atoms with Gasteiger partial charge in [-0.3, -0.25) is 9.59 Å². The SMILES string of the molecule is CCOC(=O)[C@H]1CCCN(C(=O)CC2=CSC3=NC(C)=C(C(=O)OC(C)(C)C)[C@H](c4ccccc4OC)N23)C1. The fourth-order valence-corrected chi connectivity index (χ4v) is 6.04. The number of likely N-dealkylation sites (tertiary alicyclic amines) is 1. The van der Waals surface area contributed by atoms with Crippen molar-refractivity contribution in [3.8, 4) is 5.75 Å². The van der Waals surface area contributed by atoms with E-state index in [1.165, 1.54) is 11.8 Å². The van der Waals surface area contributed by atoms with Gasteiger partial charge in [0.25, 0.3) is 0 Å². The van der Waals surface area contributed by atoms with Crippen molar-refractivity contribution < 1.29 is 28.6 Å². The standard InChI is InChI=1S/C29H37N3O6S/c1-7-37-26(34)19-11-10-14-31(16-19)23(33)15-20-17-39-28-30-18(2)24(27(35)38-29(3,4)5)25(32(20)28)21-12-8-9-13-22(21)36-6/h8-9,12-13,17,19,25H,7,10-11,14-16H2,1-6H3/t19-,25-/m0/s1. The highest BCUT2D eigenvalue weighted by Crippen LogP contribution is 2.47. The van der Waals surface area contributed by atoms with E-state index in [9.17, 15) is 14.4 Å². The first-order chi connectivity index (χ1) is 18.5. The predicted molar refractivity (Wildman–Crippen MR) is 150 cm³/mol. The van der Waals surface area contributed by atoms with Gasteiger partial charge >= 0.3 is 11.9 Å². The Bertz CT molecular complexity index is 1230. The number of piperidine rings is 1. The first-order valence-corrected chi connectivity index (χ1v) is 14.2. The number of thioether (sulfide) groups is 1. The molecular formula is C29H37N3O6S. The molecule has 1 amide bonds. The molecule has 39 heavy (non-hydrogen) atoms. The van der Waals surface area contributed by atoms with E-state index in [1.807, 2.05) is 55.3 Å². The number of nitrogens with zero attached hydrogens (tertiary/aromatic N) is 3. The molecule has 3 aliphatic rings. The lowest BCUT2D eigenvalue weighted by Gasteiger charge is -2.38. The molecule has 10 heteroatoms. The first-order valence-electron chi connectivity index (χ1n) is 13.3. The van der Waals surface area contributed by atoms with Crippen LogP contribution in [0.15, 0.2) is 51.6 Å². The minimum absolute atomic E-state index is 0.0824. The van der Waals surface area contributed by atoms with E-state index in [0.29, 0.717) is 48.3 Å². The number of para-hydroxylation sites is 1. The lowest BCUT2D eigenvalue weighted by molar-refractivity contribution is -0.152. The summed E-state index contributed by atoms with van der Waals surface area (Å²) in [5.74, 6) is -0.494. The highest BCUT2D eigenvalue weighted by atomic mass is 32.2. The molecule has 210 valence electrons. The van der Waals surface area contributed by atoms with Crippen LogP contribution in [-0.2, 0) is 23.9 Å². The molecule has 0 spiro atoms. The number of aliphatic imine (C=N–C) groups is 1. The zero-order valence-electron chi connectivity index (χ0n) is 23.5. The van der Waals surface area contributed by atoms with E-state index in [-0.39, 0.29) is 24.2 Å². The molecular weight excluding hydrogens is 518 g/mol. The normalized spacial score (nSPS) is 21.2. The van der Waals surface area contributed by atoms with Gasteiger partial charge in [-0.25, -0.2) is 9.79 Å². The van der Waals surface area contributed by atoms with Gasteiger partial charge in [-0.1, -0.05) is 30.0 Å². The molecule has 1 aromatic rings. The van der Waals surface area contributed by atoms with Gasteiger partial charge in [0.15, 0.2) is 5.17 Å². The number of rotatable bonds is 7. The van der Waals surface area contributed by atoms with Crippen LogP contribution in [0.5, 0.6) is 5.75 Å². The maximum Gasteiger partial charge on any atom is 0.338 e. The number of ether oxygens (including phenoxy) is 3. The fraction of sp³-hybridized carbons (Fsp3) is 0.517. The average molecular weight is 556 g/mol. The molecule has 0 radical (unpaired) electrons. The topological polar surface area (TPSA) is 97.7 Å². The zero-order chi connectivity index (χ0) is 28.3.